The molecule has 0 spiro atoms. The highest BCUT2D eigenvalue weighted by Crippen LogP contribution is 2.34. The van der Waals surface area contributed by atoms with Crippen LogP contribution >= 0.6 is 22.9 Å². The lowest BCUT2D eigenvalue weighted by atomic mass is 10.1. The molecule has 1 saturated carbocycles. The number of hydrogen-bond acceptors (Lipinski definition) is 5. The fraction of sp³-hybridized carbons (Fsp3) is 0.360. The third-order valence-corrected chi connectivity index (χ3v) is 6.80. The van der Waals surface area contributed by atoms with Crippen molar-refractivity contribution in [3.8, 4) is 22.8 Å². The molecule has 1 aliphatic carbocycles. The van der Waals surface area contributed by atoms with E-state index in [2.05, 4.69) is 4.98 Å². The van der Waals surface area contributed by atoms with Crippen molar-refractivity contribution in [2.75, 3.05) is 27.3 Å². The van der Waals surface area contributed by atoms with Gasteiger partial charge in [-0.15, -0.1) is 11.3 Å². The summed E-state index contributed by atoms with van der Waals surface area (Å²) in [5.41, 5.74) is 2.69. The summed E-state index contributed by atoms with van der Waals surface area (Å²) in [4.78, 5) is 21.0. The number of nitrogens with zero attached hydrogens (tertiary/aromatic N) is 2. The van der Waals surface area contributed by atoms with Gasteiger partial charge in [0.15, 0.2) is 11.5 Å². The largest absolute Gasteiger partial charge is 0.493 e. The molecule has 0 unspecified atom stereocenters. The first-order valence-corrected chi connectivity index (χ1v) is 11.9. The average molecular weight is 471 g/mol. The summed E-state index contributed by atoms with van der Waals surface area (Å²) < 4.78 is 10.8. The topological polar surface area (TPSA) is 51.7 Å². The number of aryl methyl sites for hydroxylation is 1. The zero-order valence-corrected chi connectivity index (χ0v) is 20.1. The summed E-state index contributed by atoms with van der Waals surface area (Å²) in [7, 11) is 3.26. The van der Waals surface area contributed by atoms with E-state index in [0.29, 0.717) is 39.6 Å². The highest BCUT2D eigenvalue weighted by molar-refractivity contribution is 7.14. The van der Waals surface area contributed by atoms with E-state index in [1.54, 1.807) is 14.2 Å². The number of carbonyl (C=O) groups excluding carboxylic acids is 1. The Bertz CT molecular complexity index is 1110. The highest BCUT2D eigenvalue weighted by atomic mass is 35.5. The Morgan fingerprint density at radius 1 is 1.16 bits per heavy atom. The van der Waals surface area contributed by atoms with Crippen molar-refractivity contribution in [2.24, 2.45) is 5.92 Å². The Hall–Kier alpha value is -2.57. The van der Waals surface area contributed by atoms with Crippen molar-refractivity contribution in [3.63, 3.8) is 0 Å². The van der Waals surface area contributed by atoms with Crippen molar-refractivity contribution in [2.45, 2.75) is 26.2 Å². The number of aromatic nitrogens is 1. The monoisotopic (exact) mass is 470 g/mol. The molecule has 4 rings (SSSR count). The molecule has 1 aliphatic rings. The molecular weight excluding hydrogens is 444 g/mol. The van der Waals surface area contributed by atoms with Crippen molar-refractivity contribution in [1.29, 1.82) is 0 Å². The predicted molar refractivity (Wildman–Crippen MR) is 129 cm³/mol. The van der Waals surface area contributed by atoms with Gasteiger partial charge in [-0.1, -0.05) is 29.8 Å². The van der Waals surface area contributed by atoms with Crippen LogP contribution in [0.25, 0.3) is 11.3 Å². The maximum absolute atomic E-state index is 13.7. The van der Waals surface area contributed by atoms with E-state index in [1.807, 2.05) is 54.3 Å². The quantitative estimate of drug-likeness (QED) is 0.391. The highest BCUT2D eigenvalue weighted by Gasteiger charge is 2.29. The lowest BCUT2D eigenvalue weighted by molar-refractivity contribution is 0.0755. The second-order valence-electron chi connectivity index (χ2n) is 8.05. The summed E-state index contributed by atoms with van der Waals surface area (Å²) in [6.45, 7) is 3.35. The third kappa shape index (κ3) is 5.25. The minimum Gasteiger partial charge on any atom is -0.493 e. The number of benzene rings is 2. The Morgan fingerprint density at radius 3 is 2.62 bits per heavy atom. The smallest absolute Gasteiger partial charge is 0.266 e. The van der Waals surface area contributed by atoms with Crippen LogP contribution in [0.2, 0.25) is 5.02 Å². The zero-order chi connectivity index (χ0) is 22.7. The molecule has 1 heterocycles. The molecule has 0 aliphatic heterocycles. The standard InChI is InChI=1S/C25H27ClN2O3S/c1-16-27-23(19-5-4-6-20(26)14-19)24(32-16)25(29)28(15-18-7-8-18)12-11-17-9-10-21(30-2)22(13-17)31-3/h4-6,9-10,13-14,18H,7-8,11-12,15H2,1-3H3. The maximum atomic E-state index is 13.7. The molecule has 7 heteroatoms. The van der Waals surface area contributed by atoms with Crippen LogP contribution in [0.15, 0.2) is 42.5 Å². The van der Waals surface area contributed by atoms with Gasteiger partial charge in [0.2, 0.25) is 0 Å². The summed E-state index contributed by atoms with van der Waals surface area (Å²) in [6.07, 6.45) is 3.11. The third-order valence-electron chi connectivity index (χ3n) is 5.61. The van der Waals surface area contributed by atoms with Crippen molar-refractivity contribution in [1.82, 2.24) is 9.88 Å². The molecule has 2 aromatic carbocycles. The SMILES string of the molecule is COc1ccc(CCN(CC2CC2)C(=O)c2sc(C)nc2-c2cccc(Cl)c2)cc1OC. The molecule has 0 atom stereocenters. The number of hydrogen-bond donors (Lipinski definition) is 0. The molecule has 0 saturated heterocycles. The van der Waals surface area contributed by atoms with Crippen molar-refractivity contribution < 1.29 is 14.3 Å². The molecular formula is C25H27ClN2O3S. The number of ether oxygens (including phenoxy) is 2. The van der Waals surface area contributed by atoms with Gasteiger partial charge in [0.1, 0.15) is 4.88 Å². The maximum Gasteiger partial charge on any atom is 0.266 e. The molecule has 3 aromatic rings. The zero-order valence-electron chi connectivity index (χ0n) is 18.6. The van der Waals surface area contributed by atoms with E-state index in [-0.39, 0.29) is 5.91 Å². The second-order valence-corrected chi connectivity index (χ2v) is 9.69. The van der Waals surface area contributed by atoms with Gasteiger partial charge in [0.05, 0.1) is 24.9 Å². The number of rotatable bonds is 9. The number of halogens is 1. The van der Waals surface area contributed by atoms with Gasteiger partial charge in [-0.25, -0.2) is 4.98 Å². The van der Waals surface area contributed by atoms with E-state index < -0.39 is 0 Å². The molecule has 0 radical (unpaired) electrons. The summed E-state index contributed by atoms with van der Waals surface area (Å²) in [6, 6.07) is 13.4. The Kier molecular flexibility index (Phi) is 7.01. The summed E-state index contributed by atoms with van der Waals surface area (Å²) in [5, 5.41) is 1.50. The first kappa shape index (κ1) is 22.6. The lowest BCUT2D eigenvalue weighted by Crippen LogP contribution is -2.34. The predicted octanol–water partition coefficient (Wildman–Crippen LogP) is 5.88. The Morgan fingerprint density at radius 2 is 1.94 bits per heavy atom. The average Bonchev–Trinajstić information content (AvgIpc) is 3.54. The minimum atomic E-state index is 0.0398. The molecule has 1 amide bonds. The number of thiazole rings is 1. The first-order valence-electron chi connectivity index (χ1n) is 10.7. The summed E-state index contributed by atoms with van der Waals surface area (Å²) in [5.74, 6) is 2.03. The van der Waals surface area contributed by atoms with Gasteiger partial charge in [-0.3, -0.25) is 4.79 Å². The normalized spacial score (nSPS) is 13.1. The molecule has 5 nitrogen and oxygen atoms in total. The van der Waals surface area contributed by atoms with E-state index in [4.69, 9.17) is 21.1 Å². The molecule has 32 heavy (non-hydrogen) atoms. The first-order chi connectivity index (χ1) is 15.5. The van der Waals surface area contributed by atoms with Gasteiger partial charge < -0.3 is 14.4 Å². The van der Waals surface area contributed by atoms with Crippen LogP contribution in [0.1, 0.15) is 33.1 Å². The van der Waals surface area contributed by atoms with Crippen LogP contribution in [-0.4, -0.2) is 43.1 Å². The van der Waals surface area contributed by atoms with Gasteiger partial charge in [0, 0.05) is 23.7 Å². The van der Waals surface area contributed by atoms with Crippen LogP contribution in [0, 0.1) is 12.8 Å². The van der Waals surface area contributed by atoms with Crippen molar-refractivity contribution >= 4 is 28.8 Å². The van der Waals surface area contributed by atoms with Crippen LogP contribution < -0.4 is 9.47 Å². The van der Waals surface area contributed by atoms with Crippen LogP contribution in [-0.2, 0) is 6.42 Å². The van der Waals surface area contributed by atoms with Crippen LogP contribution in [0.3, 0.4) is 0 Å². The lowest BCUT2D eigenvalue weighted by Gasteiger charge is -2.23. The second kappa shape index (κ2) is 9.92. The van der Waals surface area contributed by atoms with Gasteiger partial charge in [-0.2, -0.15) is 0 Å². The van der Waals surface area contributed by atoms with Gasteiger partial charge in [0.25, 0.3) is 5.91 Å². The molecule has 1 fully saturated rings. The van der Waals surface area contributed by atoms with Crippen LogP contribution in [0.4, 0.5) is 0 Å². The number of carbonyl (C=O) groups is 1. The fourth-order valence-electron chi connectivity index (χ4n) is 3.74. The van der Waals surface area contributed by atoms with E-state index in [9.17, 15) is 4.79 Å². The van der Waals surface area contributed by atoms with E-state index in [1.165, 1.54) is 24.2 Å². The van der Waals surface area contributed by atoms with Crippen LogP contribution in [0.5, 0.6) is 11.5 Å². The summed E-state index contributed by atoms with van der Waals surface area (Å²) >= 11 is 7.65. The molecule has 1 aromatic heterocycles. The van der Waals surface area contributed by atoms with Gasteiger partial charge in [-0.05, 0) is 61.9 Å². The van der Waals surface area contributed by atoms with E-state index in [0.717, 1.165) is 29.1 Å². The molecule has 168 valence electrons. The number of methoxy groups -OCH3 is 2. The number of amides is 1. The Labute approximate surface area is 198 Å². The minimum absolute atomic E-state index is 0.0398. The Balaban J connectivity index is 1.57. The molecule has 0 bridgehead atoms. The fourth-order valence-corrected chi connectivity index (χ4v) is 4.83. The van der Waals surface area contributed by atoms with E-state index >= 15 is 0 Å². The molecule has 0 N–H and O–H groups in total. The van der Waals surface area contributed by atoms with Gasteiger partial charge >= 0.3 is 0 Å². The van der Waals surface area contributed by atoms with Crippen molar-refractivity contribution in [3.05, 3.63) is 62.9 Å².